The Hall–Kier alpha value is -2.69. The van der Waals surface area contributed by atoms with Gasteiger partial charge in [-0.2, -0.15) is 0 Å². The molecule has 0 saturated heterocycles. The second-order valence-corrected chi connectivity index (χ2v) is 8.62. The second kappa shape index (κ2) is 8.21. The smallest absolute Gasteiger partial charge is 0.347 e. The first-order valence-corrected chi connectivity index (χ1v) is 10.8. The van der Waals surface area contributed by atoms with E-state index in [0.717, 1.165) is 42.8 Å². The van der Waals surface area contributed by atoms with Crippen LogP contribution >= 0.6 is 0 Å². The van der Waals surface area contributed by atoms with Gasteiger partial charge in [-0.3, -0.25) is 0 Å². The summed E-state index contributed by atoms with van der Waals surface area (Å²) >= 11 is 0. The van der Waals surface area contributed by atoms with Gasteiger partial charge in [0.2, 0.25) is 0 Å². The predicted molar refractivity (Wildman–Crippen MR) is 115 cm³/mol. The number of allylic oxidation sites excluding steroid dienone is 1. The van der Waals surface area contributed by atoms with Gasteiger partial charge in [0.1, 0.15) is 28.4 Å². The van der Waals surface area contributed by atoms with E-state index in [2.05, 4.69) is 6.92 Å². The van der Waals surface area contributed by atoms with Gasteiger partial charge in [0, 0.05) is 18.4 Å². The van der Waals surface area contributed by atoms with Crippen molar-refractivity contribution in [3.05, 3.63) is 69.5 Å². The molecule has 2 aromatic rings. The van der Waals surface area contributed by atoms with Crippen LogP contribution in [0.4, 0.5) is 0 Å². The van der Waals surface area contributed by atoms with Gasteiger partial charge >= 0.3 is 5.63 Å². The fourth-order valence-corrected chi connectivity index (χ4v) is 4.48. The van der Waals surface area contributed by atoms with Gasteiger partial charge in [0.05, 0.1) is 12.9 Å². The van der Waals surface area contributed by atoms with Crippen molar-refractivity contribution in [1.82, 2.24) is 0 Å². The molecule has 5 heteroatoms. The lowest BCUT2D eigenvalue weighted by Crippen LogP contribution is -2.32. The summed E-state index contributed by atoms with van der Waals surface area (Å²) in [5.74, 6) is 2.64. The third-order valence-electron chi connectivity index (χ3n) is 6.33. The minimum atomic E-state index is -0.799. The molecule has 1 aliphatic carbocycles. The van der Waals surface area contributed by atoms with Crippen LogP contribution in [0.1, 0.15) is 68.8 Å². The number of rotatable bonds is 8. The lowest BCUT2D eigenvalue weighted by atomic mass is 9.85. The Morgan fingerprint density at radius 1 is 1.27 bits per heavy atom. The van der Waals surface area contributed by atoms with Gasteiger partial charge in [-0.05, 0) is 55.9 Å². The molecule has 2 unspecified atom stereocenters. The van der Waals surface area contributed by atoms with Crippen molar-refractivity contribution in [3.63, 3.8) is 0 Å². The van der Waals surface area contributed by atoms with E-state index in [1.165, 1.54) is 0 Å². The van der Waals surface area contributed by atoms with E-state index >= 15 is 0 Å². The standard InChI is InChI=1S/C25H30O5/c1-4-19(13-17-7-9-20(28-3)10-8-17)22-14-21(26)23(24(27)29-22)25(15-18-5-6-18)12-11-16(2)30-25/h7-11,14,18-19,26H,4-6,12-13,15H2,1-3H3. The predicted octanol–water partition coefficient (Wildman–Crippen LogP) is 5.41. The van der Waals surface area contributed by atoms with Crippen molar-refractivity contribution in [2.24, 2.45) is 5.92 Å². The summed E-state index contributed by atoms with van der Waals surface area (Å²) < 4.78 is 17.1. The molecule has 1 aliphatic heterocycles. The van der Waals surface area contributed by atoms with Crippen molar-refractivity contribution in [3.8, 4) is 11.5 Å². The first-order valence-electron chi connectivity index (χ1n) is 10.8. The Morgan fingerprint density at radius 3 is 2.53 bits per heavy atom. The topological polar surface area (TPSA) is 68.9 Å². The number of benzene rings is 1. The maximum Gasteiger partial charge on any atom is 0.347 e. The highest BCUT2D eigenvalue weighted by Crippen LogP contribution is 2.49. The fraction of sp³-hybridized carbons (Fsp3) is 0.480. The lowest BCUT2D eigenvalue weighted by molar-refractivity contribution is 0.00456. The van der Waals surface area contributed by atoms with Crippen LogP contribution in [0, 0.1) is 5.92 Å². The van der Waals surface area contributed by atoms with Gasteiger partial charge < -0.3 is 19.0 Å². The Morgan fingerprint density at radius 2 is 2.00 bits per heavy atom. The zero-order valence-corrected chi connectivity index (χ0v) is 17.9. The summed E-state index contributed by atoms with van der Waals surface area (Å²) in [5.41, 5.74) is 0.108. The molecule has 1 aromatic heterocycles. The first-order chi connectivity index (χ1) is 14.4. The van der Waals surface area contributed by atoms with Crippen LogP contribution in [-0.4, -0.2) is 12.2 Å². The molecule has 0 amide bonds. The molecule has 1 saturated carbocycles. The number of hydrogen-bond acceptors (Lipinski definition) is 5. The van der Waals surface area contributed by atoms with Crippen LogP contribution in [-0.2, 0) is 16.8 Å². The van der Waals surface area contributed by atoms with Crippen LogP contribution in [0.15, 0.2) is 51.4 Å². The van der Waals surface area contributed by atoms with Gasteiger partial charge in [0.25, 0.3) is 0 Å². The monoisotopic (exact) mass is 410 g/mol. The zero-order chi connectivity index (χ0) is 21.3. The van der Waals surface area contributed by atoms with E-state index in [9.17, 15) is 9.90 Å². The third kappa shape index (κ3) is 4.11. The van der Waals surface area contributed by atoms with Gasteiger partial charge in [-0.1, -0.05) is 31.9 Å². The molecule has 1 N–H and O–H groups in total. The van der Waals surface area contributed by atoms with E-state index in [-0.39, 0.29) is 17.2 Å². The lowest BCUT2D eigenvalue weighted by Gasteiger charge is -2.30. The molecule has 1 fully saturated rings. The average molecular weight is 411 g/mol. The van der Waals surface area contributed by atoms with E-state index in [4.69, 9.17) is 13.9 Å². The van der Waals surface area contributed by atoms with Gasteiger partial charge in [-0.15, -0.1) is 0 Å². The van der Waals surface area contributed by atoms with Gasteiger partial charge in [-0.25, -0.2) is 4.79 Å². The van der Waals surface area contributed by atoms with E-state index in [1.807, 2.05) is 37.3 Å². The van der Waals surface area contributed by atoms with Crippen LogP contribution in [0.25, 0.3) is 0 Å². The Balaban J connectivity index is 1.62. The molecule has 4 rings (SSSR count). The van der Waals surface area contributed by atoms with Crippen molar-refractivity contribution >= 4 is 0 Å². The summed E-state index contributed by atoms with van der Waals surface area (Å²) in [7, 11) is 1.64. The average Bonchev–Trinajstić information content (AvgIpc) is 3.46. The Labute approximate surface area is 177 Å². The maximum atomic E-state index is 13.1. The molecular formula is C25H30O5. The van der Waals surface area contributed by atoms with Crippen molar-refractivity contribution < 1.29 is 19.0 Å². The molecule has 2 aliphatic rings. The molecule has 0 bridgehead atoms. The Kier molecular flexibility index (Phi) is 5.63. The zero-order valence-electron chi connectivity index (χ0n) is 17.9. The normalized spacial score (nSPS) is 21.8. The minimum absolute atomic E-state index is 0.00483. The van der Waals surface area contributed by atoms with Crippen molar-refractivity contribution in [2.75, 3.05) is 7.11 Å². The number of aromatic hydroxyl groups is 1. The number of methoxy groups -OCH3 is 1. The molecule has 1 aromatic carbocycles. The summed E-state index contributed by atoms with van der Waals surface area (Å²) in [6, 6.07) is 9.50. The van der Waals surface area contributed by atoms with Crippen LogP contribution in [0.2, 0.25) is 0 Å². The summed E-state index contributed by atoms with van der Waals surface area (Å²) in [6.45, 7) is 3.95. The molecule has 160 valence electrons. The van der Waals surface area contributed by atoms with E-state index < -0.39 is 11.2 Å². The largest absolute Gasteiger partial charge is 0.507 e. The fourth-order valence-electron chi connectivity index (χ4n) is 4.48. The third-order valence-corrected chi connectivity index (χ3v) is 6.33. The van der Waals surface area contributed by atoms with Crippen molar-refractivity contribution in [1.29, 1.82) is 0 Å². The summed E-state index contributed by atoms with van der Waals surface area (Å²) in [6.07, 6.45) is 7.12. The van der Waals surface area contributed by atoms with E-state index in [1.54, 1.807) is 13.2 Å². The van der Waals surface area contributed by atoms with Gasteiger partial charge in [0.15, 0.2) is 0 Å². The highest BCUT2D eigenvalue weighted by atomic mass is 16.5. The number of ether oxygens (including phenoxy) is 2. The molecule has 30 heavy (non-hydrogen) atoms. The molecule has 2 atom stereocenters. The molecule has 0 radical (unpaired) electrons. The summed E-state index contributed by atoms with van der Waals surface area (Å²) in [5, 5.41) is 10.9. The number of hydrogen-bond donors (Lipinski definition) is 1. The van der Waals surface area contributed by atoms with Crippen molar-refractivity contribution in [2.45, 2.75) is 63.9 Å². The minimum Gasteiger partial charge on any atom is -0.507 e. The highest BCUT2D eigenvalue weighted by Gasteiger charge is 2.46. The van der Waals surface area contributed by atoms with E-state index in [0.29, 0.717) is 24.5 Å². The maximum absolute atomic E-state index is 13.1. The quantitative estimate of drug-likeness (QED) is 0.630. The Bertz CT molecular complexity index is 984. The molecular weight excluding hydrogens is 380 g/mol. The first kappa shape index (κ1) is 20.6. The SMILES string of the molecule is CCC(Cc1ccc(OC)cc1)c1cc(O)c(C2(CC3CC3)CC=C(C)O2)c(=O)o1. The molecule has 5 nitrogen and oxygen atoms in total. The highest BCUT2D eigenvalue weighted by molar-refractivity contribution is 5.39. The van der Waals surface area contributed by atoms with Crippen LogP contribution < -0.4 is 10.4 Å². The second-order valence-electron chi connectivity index (χ2n) is 8.62. The van der Waals surface area contributed by atoms with Crippen LogP contribution in [0.3, 0.4) is 0 Å². The molecule has 0 spiro atoms. The van der Waals surface area contributed by atoms with Crippen LogP contribution in [0.5, 0.6) is 11.5 Å². The molecule has 2 heterocycles. The summed E-state index contributed by atoms with van der Waals surface area (Å²) in [4.78, 5) is 13.1.